The quantitative estimate of drug-likeness (QED) is 0.0848. The molecule has 0 aromatic heterocycles. The first-order valence-corrected chi connectivity index (χ1v) is 15.8. The van der Waals surface area contributed by atoms with Gasteiger partial charge in [0.2, 0.25) is 12.4 Å². The summed E-state index contributed by atoms with van der Waals surface area (Å²) in [4.78, 5) is 74.3. The molecule has 2 aromatic carbocycles. The Morgan fingerprint density at radius 2 is 1.49 bits per heavy atom. The van der Waals surface area contributed by atoms with Crippen molar-refractivity contribution in [2.45, 2.75) is 90.9 Å². The number of carbonyl (C=O) groups excluding carboxylic acids is 5. The van der Waals surface area contributed by atoms with Gasteiger partial charge in [-0.15, -0.1) is 0 Å². The molecule has 278 valence electrons. The highest BCUT2D eigenvalue weighted by Crippen LogP contribution is 2.35. The molecule has 1 saturated heterocycles. The fourth-order valence-electron chi connectivity index (χ4n) is 5.10. The van der Waals surface area contributed by atoms with Crippen LogP contribution in [0.15, 0.2) is 48.5 Å². The van der Waals surface area contributed by atoms with E-state index in [1.165, 1.54) is 17.0 Å². The fourth-order valence-corrected chi connectivity index (χ4v) is 5.10. The van der Waals surface area contributed by atoms with Crippen LogP contribution in [0.4, 0.5) is 10.5 Å². The van der Waals surface area contributed by atoms with Crippen LogP contribution in [0, 0.1) is 10.1 Å². The highest BCUT2D eigenvalue weighted by atomic mass is 16.7. The van der Waals surface area contributed by atoms with Gasteiger partial charge in [0, 0.05) is 39.8 Å². The van der Waals surface area contributed by atoms with E-state index in [9.17, 15) is 34.1 Å². The number of hydrogen-bond acceptors (Lipinski definition) is 15. The zero-order valence-electron chi connectivity index (χ0n) is 29.4. The van der Waals surface area contributed by atoms with Crippen molar-refractivity contribution in [1.82, 2.24) is 4.90 Å². The summed E-state index contributed by atoms with van der Waals surface area (Å²) in [5.74, 6) is -4.22. The van der Waals surface area contributed by atoms with Gasteiger partial charge in [0.05, 0.1) is 17.6 Å². The summed E-state index contributed by atoms with van der Waals surface area (Å²) >= 11 is 0. The van der Waals surface area contributed by atoms with Crippen LogP contribution in [0.2, 0.25) is 0 Å². The van der Waals surface area contributed by atoms with Gasteiger partial charge >= 0.3 is 35.7 Å². The van der Waals surface area contributed by atoms with E-state index < -0.39 is 82.6 Å². The first-order chi connectivity index (χ1) is 24.0. The van der Waals surface area contributed by atoms with Gasteiger partial charge in [-0.2, -0.15) is 0 Å². The van der Waals surface area contributed by atoms with Crippen molar-refractivity contribution in [3.05, 3.63) is 69.8 Å². The summed E-state index contributed by atoms with van der Waals surface area (Å²) in [7, 11) is 1.02. The second kappa shape index (κ2) is 18.1. The molecule has 17 nitrogen and oxygen atoms in total. The Morgan fingerprint density at radius 1 is 0.882 bits per heavy atom. The van der Waals surface area contributed by atoms with Crippen LogP contribution in [0.25, 0.3) is 0 Å². The van der Waals surface area contributed by atoms with Crippen LogP contribution in [-0.2, 0) is 65.4 Å². The third-order valence-corrected chi connectivity index (χ3v) is 7.38. The molecule has 2 aromatic rings. The largest absolute Gasteiger partial charge is 0.467 e. The van der Waals surface area contributed by atoms with Crippen LogP contribution in [0.5, 0.6) is 5.75 Å². The minimum absolute atomic E-state index is 0.0633. The standard InChI is InChI=1S/C34H42N2O15/c1-8-35(19-46-34(5,6)17-23-12-10-9-11-13-23)33(41)45-18-24-14-15-26(25(16-24)36(42)43)50-32-30(49-22(4)39)28(48-21(3)38)27(47-20(2)37)29(51-32)31(40)44-7/h9-16,27-30,32H,8,17-19H2,1-7H3/t27?,28-,29?,30?,32+/m0/s1. The highest BCUT2D eigenvalue weighted by molar-refractivity contribution is 5.77. The van der Waals surface area contributed by atoms with Crippen LogP contribution < -0.4 is 4.74 Å². The molecular formula is C34H42N2O15. The maximum absolute atomic E-state index is 12.9. The zero-order valence-corrected chi connectivity index (χ0v) is 29.4. The van der Waals surface area contributed by atoms with Crippen LogP contribution in [0.1, 0.15) is 52.7 Å². The molecule has 0 saturated carbocycles. The SMILES string of the molecule is CCN(COC(C)(C)Cc1ccccc1)C(=O)OCc1ccc(O[C@@H]2OC(C(=O)OC)C(OC(C)=O)[C@H](OC(C)=O)C2OC(C)=O)c([N+](=O)[O-])c1. The Bertz CT molecular complexity index is 1560. The normalized spacial score (nSPS) is 19.9. The van der Waals surface area contributed by atoms with E-state index in [4.69, 9.17) is 37.9 Å². The maximum atomic E-state index is 12.9. The molecule has 1 fully saturated rings. The van der Waals surface area contributed by atoms with Crippen LogP contribution >= 0.6 is 0 Å². The summed E-state index contributed by atoms with van der Waals surface area (Å²) in [5, 5.41) is 12.1. The van der Waals surface area contributed by atoms with Crippen molar-refractivity contribution in [1.29, 1.82) is 0 Å². The monoisotopic (exact) mass is 718 g/mol. The van der Waals surface area contributed by atoms with E-state index in [1.807, 2.05) is 44.2 Å². The first-order valence-electron chi connectivity index (χ1n) is 15.8. The number of methoxy groups -OCH3 is 1. The van der Waals surface area contributed by atoms with Gasteiger partial charge < -0.3 is 37.9 Å². The van der Waals surface area contributed by atoms with Crippen LogP contribution in [0.3, 0.4) is 0 Å². The van der Waals surface area contributed by atoms with E-state index >= 15 is 0 Å². The lowest BCUT2D eigenvalue weighted by Gasteiger charge is -2.42. The molecule has 5 atom stereocenters. The predicted molar refractivity (Wildman–Crippen MR) is 174 cm³/mol. The van der Waals surface area contributed by atoms with Gasteiger partial charge in [-0.05, 0) is 38.0 Å². The molecule has 17 heteroatoms. The van der Waals surface area contributed by atoms with Gasteiger partial charge in [-0.3, -0.25) is 29.4 Å². The van der Waals surface area contributed by atoms with E-state index in [-0.39, 0.29) is 25.4 Å². The van der Waals surface area contributed by atoms with E-state index in [2.05, 4.69) is 0 Å². The number of rotatable bonds is 15. The molecule has 1 aliphatic rings. The number of carbonyl (C=O) groups is 5. The summed E-state index contributed by atoms with van der Waals surface area (Å²) < 4.78 is 43.5. The van der Waals surface area contributed by atoms with E-state index in [0.29, 0.717) is 6.42 Å². The molecular weight excluding hydrogens is 676 g/mol. The molecule has 1 amide bonds. The molecule has 3 unspecified atom stereocenters. The molecule has 3 rings (SSSR count). The maximum Gasteiger partial charge on any atom is 0.411 e. The molecule has 51 heavy (non-hydrogen) atoms. The average Bonchev–Trinajstić information content (AvgIpc) is 3.06. The minimum Gasteiger partial charge on any atom is -0.467 e. The van der Waals surface area contributed by atoms with Crippen LogP contribution in [-0.4, -0.2) is 96.5 Å². The minimum atomic E-state index is -1.82. The molecule has 0 bridgehead atoms. The number of ether oxygens (including phenoxy) is 8. The van der Waals surface area contributed by atoms with Crippen molar-refractivity contribution in [2.24, 2.45) is 0 Å². The molecule has 0 spiro atoms. The summed E-state index contributed by atoms with van der Waals surface area (Å²) in [6, 6.07) is 13.4. The number of nitrogens with zero attached hydrogens (tertiary/aromatic N) is 2. The number of nitro groups is 1. The number of hydrogen-bond donors (Lipinski definition) is 0. The molecule has 1 aliphatic heterocycles. The second-order valence-corrected chi connectivity index (χ2v) is 12.0. The predicted octanol–water partition coefficient (Wildman–Crippen LogP) is 3.62. The smallest absolute Gasteiger partial charge is 0.411 e. The Labute approximate surface area is 294 Å². The third kappa shape index (κ3) is 11.6. The Kier molecular flexibility index (Phi) is 14.2. The number of nitro benzene ring substituents is 1. The van der Waals surface area contributed by atoms with Crippen molar-refractivity contribution in [3.63, 3.8) is 0 Å². The Hall–Kier alpha value is -5.29. The van der Waals surface area contributed by atoms with E-state index in [0.717, 1.165) is 39.5 Å². The number of amides is 1. The lowest BCUT2D eigenvalue weighted by atomic mass is 9.97. The third-order valence-electron chi connectivity index (χ3n) is 7.38. The summed E-state index contributed by atoms with van der Waals surface area (Å²) in [6.07, 6.45) is -8.70. The molecule has 0 aliphatic carbocycles. The fraction of sp³-hybridized carbons (Fsp3) is 0.500. The van der Waals surface area contributed by atoms with Crippen molar-refractivity contribution in [2.75, 3.05) is 20.4 Å². The summed E-state index contributed by atoms with van der Waals surface area (Å²) in [5.41, 5.74) is 0.0639. The average molecular weight is 719 g/mol. The lowest BCUT2D eigenvalue weighted by Crippen LogP contribution is -2.64. The molecule has 0 N–H and O–H groups in total. The van der Waals surface area contributed by atoms with Gasteiger partial charge in [0.25, 0.3) is 0 Å². The second-order valence-electron chi connectivity index (χ2n) is 12.0. The number of esters is 4. The van der Waals surface area contributed by atoms with Crippen molar-refractivity contribution in [3.8, 4) is 5.75 Å². The van der Waals surface area contributed by atoms with E-state index in [1.54, 1.807) is 6.92 Å². The molecule has 0 radical (unpaired) electrons. The van der Waals surface area contributed by atoms with Gasteiger partial charge in [-0.1, -0.05) is 36.4 Å². The zero-order chi connectivity index (χ0) is 37.9. The Balaban J connectivity index is 1.80. The van der Waals surface area contributed by atoms with Gasteiger partial charge in [0.15, 0.2) is 24.1 Å². The first kappa shape index (κ1) is 40.1. The Morgan fingerprint density at radius 3 is 2.06 bits per heavy atom. The van der Waals surface area contributed by atoms with Gasteiger partial charge in [0.1, 0.15) is 13.3 Å². The van der Waals surface area contributed by atoms with Crippen molar-refractivity contribution < 1.29 is 66.8 Å². The van der Waals surface area contributed by atoms with Crippen molar-refractivity contribution >= 4 is 35.7 Å². The van der Waals surface area contributed by atoms with Gasteiger partial charge in [-0.25, -0.2) is 9.59 Å². The lowest BCUT2D eigenvalue weighted by molar-refractivity contribution is -0.387. The summed E-state index contributed by atoms with van der Waals surface area (Å²) in [6.45, 7) is 8.44. The topological polar surface area (TPSA) is 206 Å². The number of benzene rings is 2. The highest BCUT2D eigenvalue weighted by Gasteiger charge is 2.56. The molecule has 1 heterocycles.